The fourth-order valence-electron chi connectivity index (χ4n) is 2.17. The van der Waals surface area contributed by atoms with Crippen LogP contribution in [-0.2, 0) is 13.0 Å². The first-order chi connectivity index (χ1) is 12.0. The number of thiazole rings is 1. The van der Waals surface area contributed by atoms with Gasteiger partial charge in [0.25, 0.3) is 5.69 Å². The predicted molar refractivity (Wildman–Crippen MR) is 117 cm³/mol. The van der Waals surface area contributed by atoms with Crippen LogP contribution in [0.1, 0.15) is 28.1 Å². The van der Waals surface area contributed by atoms with Gasteiger partial charge in [-0.3, -0.25) is 10.1 Å². The van der Waals surface area contributed by atoms with Crippen LogP contribution < -0.4 is 10.6 Å². The van der Waals surface area contributed by atoms with Crippen molar-refractivity contribution in [3.8, 4) is 0 Å². The summed E-state index contributed by atoms with van der Waals surface area (Å²) in [7, 11) is 0. The molecular weight excluding hydrogens is 465 g/mol. The first-order valence-electron chi connectivity index (χ1n) is 8.18. The summed E-state index contributed by atoms with van der Waals surface area (Å²) in [6.07, 6.45) is 0.849. The van der Waals surface area contributed by atoms with Crippen molar-refractivity contribution in [1.29, 1.82) is 0 Å². The lowest BCUT2D eigenvalue weighted by molar-refractivity contribution is -0.384. The van der Waals surface area contributed by atoms with Gasteiger partial charge in [-0.25, -0.2) is 9.98 Å². The molecule has 0 bridgehead atoms. The van der Waals surface area contributed by atoms with Crippen LogP contribution in [0.4, 0.5) is 5.69 Å². The average Bonchev–Trinajstić information content (AvgIpc) is 2.91. The van der Waals surface area contributed by atoms with Gasteiger partial charge in [0.15, 0.2) is 5.96 Å². The van der Waals surface area contributed by atoms with Crippen LogP contribution in [0, 0.1) is 24.0 Å². The molecule has 142 valence electrons. The highest BCUT2D eigenvalue weighted by Gasteiger charge is 2.05. The minimum atomic E-state index is -0.402. The first kappa shape index (κ1) is 22.3. The highest BCUT2D eigenvalue weighted by atomic mass is 127. The molecule has 1 heterocycles. The number of nitrogens with one attached hydrogen (secondary N) is 2. The number of nitro benzene ring substituents is 1. The number of rotatable bonds is 7. The average molecular weight is 489 g/mol. The lowest BCUT2D eigenvalue weighted by atomic mass is 10.2. The van der Waals surface area contributed by atoms with Gasteiger partial charge in [0.2, 0.25) is 0 Å². The van der Waals surface area contributed by atoms with Crippen LogP contribution in [-0.4, -0.2) is 29.0 Å². The van der Waals surface area contributed by atoms with Crippen molar-refractivity contribution >= 4 is 47.0 Å². The summed E-state index contributed by atoms with van der Waals surface area (Å²) in [6, 6.07) is 6.45. The molecular formula is C17H24IN5O2S. The number of nitrogens with zero attached hydrogens (tertiary/aromatic N) is 3. The Kier molecular flexibility index (Phi) is 9.49. The molecule has 0 aliphatic heterocycles. The van der Waals surface area contributed by atoms with E-state index in [2.05, 4.69) is 27.5 Å². The molecule has 0 saturated carbocycles. The number of aryl methyl sites for hydroxylation is 2. The molecule has 0 aliphatic rings. The van der Waals surface area contributed by atoms with Gasteiger partial charge in [0, 0.05) is 36.5 Å². The van der Waals surface area contributed by atoms with Gasteiger partial charge in [-0.15, -0.1) is 35.3 Å². The third-order valence-corrected chi connectivity index (χ3v) is 4.75. The van der Waals surface area contributed by atoms with Crippen LogP contribution in [0.2, 0.25) is 0 Å². The zero-order valence-corrected chi connectivity index (χ0v) is 18.3. The second-order valence-electron chi connectivity index (χ2n) is 5.54. The molecule has 0 amide bonds. The Hall–Kier alpha value is -1.75. The highest BCUT2D eigenvalue weighted by molar-refractivity contribution is 14.0. The molecule has 0 saturated heterocycles. The van der Waals surface area contributed by atoms with E-state index in [1.807, 2.05) is 13.8 Å². The van der Waals surface area contributed by atoms with Gasteiger partial charge < -0.3 is 10.6 Å². The molecule has 1 aromatic heterocycles. The summed E-state index contributed by atoms with van der Waals surface area (Å²) < 4.78 is 0. The standard InChI is InChI=1S/C17H23N5O2S.HI/c1-4-18-17(19-10-9-16-21-12(2)13(3)25-16)20-11-14-5-7-15(8-6-14)22(23)24;/h5-8H,4,9-11H2,1-3H3,(H2,18,19,20);1H. The Morgan fingerprint density at radius 2 is 1.96 bits per heavy atom. The van der Waals surface area contributed by atoms with E-state index in [-0.39, 0.29) is 29.7 Å². The molecule has 2 rings (SSSR count). The van der Waals surface area contributed by atoms with Crippen molar-refractivity contribution in [1.82, 2.24) is 15.6 Å². The monoisotopic (exact) mass is 489 g/mol. The van der Waals surface area contributed by atoms with E-state index in [1.54, 1.807) is 23.5 Å². The predicted octanol–water partition coefficient (Wildman–Crippen LogP) is 3.58. The van der Waals surface area contributed by atoms with Crippen LogP contribution in [0.3, 0.4) is 0 Å². The Morgan fingerprint density at radius 1 is 1.27 bits per heavy atom. The summed E-state index contributed by atoms with van der Waals surface area (Å²) in [5, 5.41) is 18.3. The fraction of sp³-hybridized carbons (Fsp3) is 0.412. The van der Waals surface area contributed by atoms with Crippen LogP contribution >= 0.6 is 35.3 Å². The Labute approximate surface area is 174 Å². The van der Waals surface area contributed by atoms with E-state index in [1.165, 1.54) is 17.0 Å². The van der Waals surface area contributed by atoms with Crippen LogP contribution in [0.5, 0.6) is 0 Å². The van der Waals surface area contributed by atoms with E-state index in [0.717, 1.165) is 41.7 Å². The Bertz CT molecular complexity index is 727. The molecule has 26 heavy (non-hydrogen) atoms. The number of halogens is 1. The number of aromatic nitrogens is 1. The number of hydrogen-bond acceptors (Lipinski definition) is 5. The molecule has 0 radical (unpaired) electrons. The summed E-state index contributed by atoms with van der Waals surface area (Å²) in [5.74, 6) is 0.728. The molecule has 0 unspecified atom stereocenters. The smallest absolute Gasteiger partial charge is 0.269 e. The minimum absolute atomic E-state index is 0. The van der Waals surface area contributed by atoms with Crippen molar-refractivity contribution in [3.63, 3.8) is 0 Å². The number of guanidine groups is 1. The Morgan fingerprint density at radius 3 is 2.50 bits per heavy atom. The zero-order valence-electron chi connectivity index (χ0n) is 15.1. The van der Waals surface area contributed by atoms with Crippen molar-refractivity contribution < 1.29 is 4.92 Å². The van der Waals surface area contributed by atoms with Gasteiger partial charge in [-0.05, 0) is 26.3 Å². The summed E-state index contributed by atoms with van der Waals surface area (Å²) in [4.78, 5) is 20.6. The van der Waals surface area contributed by atoms with E-state index in [4.69, 9.17) is 0 Å². The summed E-state index contributed by atoms with van der Waals surface area (Å²) in [6.45, 7) is 8.09. The maximum atomic E-state index is 10.7. The lowest BCUT2D eigenvalue weighted by Gasteiger charge is -2.10. The number of non-ortho nitro benzene ring substituents is 1. The third-order valence-electron chi connectivity index (χ3n) is 3.62. The number of nitro groups is 1. The number of aliphatic imine (C=N–C) groups is 1. The SMILES string of the molecule is CCNC(=NCc1ccc([N+](=O)[O-])cc1)NCCc1nc(C)c(C)s1.I. The topological polar surface area (TPSA) is 92.5 Å². The van der Waals surface area contributed by atoms with Crippen molar-refractivity contribution in [3.05, 3.63) is 55.5 Å². The summed E-state index contributed by atoms with van der Waals surface area (Å²) in [5.41, 5.74) is 2.11. The maximum absolute atomic E-state index is 10.7. The molecule has 9 heteroatoms. The van der Waals surface area contributed by atoms with Gasteiger partial charge in [-0.2, -0.15) is 0 Å². The van der Waals surface area contributed by atoms with E-state index < -0.39 is 4.92 Å². The number of benzene rings is 1. The van der Waals surface area contributed by atoms with Crippen molar-refractivity contribution in [2.24, 2.45) is 4.99 Å². The molecule has 0 aliphatic carbocycles. The van der Waals surface area contributed by atoms with Gasteiger partial charge in [0.1, 0.15) is 0 Å². The van der Waals surface area contributed by atoms with Crippen LogP contribution in [0.15, 0.2) is 29.3 Å². The molecule has 0 atom stereocenters. The maximum Gasteiger partial charge on any atom is 0.269 e. The van der Waals surface area contributed by atoms with Crippen LogP contribution in [0.25, 0.3) is 0 Å². The van der Waals surface area contributed by atoms with Crippen molar-refractivity contribution in [2.75, 3.05) is 13.1 Å². The second-order valence-corrected chi connectivity index (χ2v) is 6.83. The second kappa shape index (κ2) is 11.1. The van der Waals surface area contributed by atoms with Crippen molar-refractivity contribution in [2.45, 2.75) is 33.7 Å². The molecule has 2 N–H and O–H groups in total. The lowest BCUT2D eigenvalue weighted by Crippen LogP contribution is -2.38. The fourth-order valence-corrected chi connectivity index (χ4v) is 3.10. The Balaban J connectivity index is 0.00000338. The van der Waals surface area contributed by atoms with E-state index in [9.17, 15) is 10.1 Å². The highest BCUT2D eigenvalue weighted by Crippen LogP contribution is 2.16. The summed E-state index contributed by atoms with van der Waals surface area (Å²) >= 11 is 1.73. The normalized spacial score (nSPS) is 11.0. The molecule has 0 fully saturated rings. The molecule has 0 spiro atoms. The minimum Gasteiger partial charge on any atom is -0.357 e. The quantitative estimate of drug-likeness (QED) is 0.204. The number of hydrogen-bond donors (Lipinski definition) is 2. The van der Waals surface area contributed by atoms with E-state index >= 15 is 0 Å². The zero-order chi connectivity index (χ0) is 18.2. The van der Waals surface area contributed by atoms with Gasteiger partial charge in [-0.1, -0.05) is 12.1 Å². The largest absolute Gasteiger partial charge is 0.357 e. The molecule has 2 aromatic rings. The van der Waals surface area contributed by atoms with Gasteiger partial charge in [0.05, 0.1) is 22.2 Å². The molecule has 1 aromatic carbocycles. The third kappa shape index (κ3) is 6.87. The van der Waals surface area contributed by atoms with E-state index in [0.29, 0.717) is 6.54 Å². The first-order valence-corrected chi connectivity index (χ1v) is 8.99. The van der Waals surface area contributed by atoms with Gasteiger partial charge >= 0.3 is 0 Å². The molecule has 7 nitrogen and oxygen atoms in total.